The number of ether oxygens (including phenoxy) is 1. The first-order valence-electron chi connectivity index (χ1n) is 7.52. The van der Waals surface area contributed by atoms with Crippen LogP contribution in [0, 0.1) is 12.3 Å². The molecule has 1 nitrogen and oxygen atoms in total. The van der Waals surface area contributed by atoms with E-state index in [-0.39, 0.29) is 0 Å². The predicted molar refractivity (Wildman–Crippen MR) is 82.5 cm³/mol. The lowest BCUT2D eigenvalue weighted by molar-refractivity contribution is 0.370. The lowest BCUT2D eigenvalue weighted by atomic mass is 10.0. The van der Waals surface area contributed by atoms with E-state index in [0.717, 1.165) is 5.75 Å². The third-order valence-electron chi connectivity index (χ3n) is 3.31. The highest BCUT2D eigenvalue weighted by atomic mass is 16.5. The van der Waals surface area contributed by atoms with Crippen molar-refractivity contribution in [2.45, 2.75) is 58.3 Å². The molecule has 19 heavy (non-hydrogen) atoms. The van der Waals surface area contributed by atoms with Crippen LogP contribution >= 0.6 is 0 Å². The van der Waals surface area contributed by atoms with Crippen LogP contribution in [0.1, 0.15) is 57.4 Å². The maximum atomic E-state index is 5.35. The van der Waals surface area contributed by atoms with E-state index < -0.39 is 0 Å². The van der Waals surface area contributed by atoms with Crippen molar-refractivity contribution in [3.63, 3.8) is 0 Å². The number of unbranched alkanes of at least 4 members (excludes halogenated alkanes) is 6. The fourth-order valence-corrected chi connectivity index (χ4v) is 2.16. The van der Waals surface area contributed by atoms with Gasteiger partial charge in [0.1, 0.15) is 12.4 Å². The van der Waals surface area contributed by atoms with E-state index in [2.05, 4.69) is 25.0 Å². The van der Waals surface area contributed by atoms with Gasteiger partial charge >= 0.3 is 0 Å². The van der Waals surface area contributed by atoms with Crippen LogP contribution in [0.2, 0.25) is 0 Å². The molecule has 0 radical (unpaired) electrons. The molecular weight excluding hydrogens is 232 g/mol. The van der Waals surface area contributed by atoms with Gasteiger partial charge in [0.25, 0.3) is 0 Å². The van der Waals surface area contributed by atoms with Crippen LogP contribution in [0.25, 0.3) is 0 Å². The second-order valence-electron chi connectivity index (χ2n) is 5.01. The molecule has 0 fully saturated rings. The predicted octanol–water partition coefficient (Wildman–Crippen LogP) is 4.99. The third kappa shape index (κ3) is 7.57. The summed E-state index contributed by atoms with van der Waals surface area (Å²) in [6, 6.07) is 8.30. The molecular formula is C18H26O. The van der Waals surface area contributed by atoms with Crippen molar-refractivity contribution in [3.05, 3.63) is 29.8 Å². The largest absolute Gasteiger partial charge is 0.481 e. The second-order valence-corrected chi connectivity index (χ2v) is 5.01. The molecule has 1 aromatic rings. The van der Waals surface area contributed by atoms with Crippen molar-refractivity contribution in [2.75, 3.05) is 6.61 Å². The Morgan fingerprint density at radius 3 is 2.21 bits per heavy atom. The molecule has 1 aromatic carbocycles. The molecule has 0 amide bonds. The van der Waals surface area contributed by atoms with Crippen LogP contribution in [0.15, 0.2) is 24.3 Å². The zero-order chi connectivity index (χ0) is 13.8. The number of benzene rings is 1. The summed E-state index contributed by atoms with van der Waals surface area (Å²) < 4.78 is 5.35. The summed E-state index contributed by atoms with van der Waals surface area (Å²) in [5.74, 6) is 3.33. The van der Waals surface area contributed by atoms with Gasteiger partial charge in [0, 0.05) is 0 Å². The number of hydrogen-bond donors (Lipinski definition) is 0. The van der Waals surface area contributed by atoms with E-state index >= 15 is 0 Å². The van der Waals surface area contributed by atoms with Crippen molar-refractivity contribution < 1.29 is 4.74 Å². The zero-order valence-electron chi connectivity index (χ0n) is 12.2. The lowest BCUT2D eigenvalue weighted by Crippen LogP contribution is -1.93. The van der Waals surface area contributed by atoms with E-state index in [1.165, 1.54) is 56.9 Å². The molecule has 1 heteroatoms. The first kappa shape index (κ1) is 15.6. The Hall–Kier alpha value is -1.42. The third-order valence-corrected chi connectivity index (χ3v) is 3.31. The number of rotatable bonds is 10. The number of hydrogen-bond acceptors (Lipinski definition) is 1. The number of aryl methyl sites for hydroxylation is 1. The van der Waals surface area contributed by atoms with Crippen LogP contribution in [-0.2, 0) is 6.42 Å². The van der Waals surface area contributed by atoms with E-state index in [4.69, 9.17) is 11.2 Å². The fourth-order valence-electron chi connectivity index (χ4n) is 2.16. The van der Waals surface area contributed by atoms with E-state index in [1.807, 2.05) is 12.1 Å². The first-order chi connectivity index (χ1) is 9.36. The summed E-state index contributed by atoms with van der Waals surface area (Å²) in [7, 11) is 0. The topological polar surface area (TPSA) is 9.23 Å². The van der Waals surface area contributed by atoms with E-state index in [9.17, 15) is 0 Å². The monoisotopic (exact) mass is 258 g/mol. The quantitative estimate of drug-likeness (QED) is 0.424. The Bertz CT molecular complexity index is 358. The lowest BCUT2D eigenvalue weighted by Gasteiger charge is -2.05. The average Bonchev–Trinajstić information content (AvgIpc) is 2.45. The summed E-state index contributed by atoms with van der Waals surface area (Å²) >= 11 is 0. The van der Waals surface area contributed by atoms with Crippen LogP contribution in [-0.4, -0.2) is 6.61 Å². The molecule has 0 aliphatic carbocycles. The first-order valence-corrected chi connectivity index (χ1v) is 7.52. The summed E-state index contributed by atoms with van der Waals surface area (Å²) in [5, 5.41) is 0. The van der Waals surface area contributed by atoms with Gasteiger partial charge in [-0.05, 0) is 30.5 Å². The normalized spacial score (nSPS) is 10.1. The smallest absolute Gasteiger partial charge is 0.148 e. The van der Waals surface area contributed by atoms with Gasteiger partial charge in [0.15, 0.2) is 0 Å². The van der Waals surface area contributed by atoms with Crippen molar-refractivity contribution in [1.29, 1.82) is 0 Å². The Kier molecular flexibility index (Phi) is 8.64. The van der Waals surface area contributed by atoms with Crippen LogP contribution < -0.4 is 4.74 Å². The van der Waals surface area contributed by atoms with E-state index in [0.29, 0.717) is 6.61 Å². The Morgan fingerprint density at radius 1 is 0.947 bits per heavy atom. The highest BCUT2D eigenvalue weighted by Crippen LogP contribution is 2.15. The second kappa shape index (κ2) is 10.5. The van der Waals surface area contributed by atoms with Crippen molar-refractivity contribution in [3.8, 4) is 18.1 Å². The van der Waals surface area contributed by atoms with Crippen LogP contribution in [0.5, 0.6) is 5.75 Å². The van der Waals surface area contributed by atoms with Gasteiger partial charge in [-0.2, -0.15) is 0 Å². The van der Waals surface area contributed by atoms with Crippen molar-refractivity contribution in [1.82, 2.24) is 0 Å². The Balaban J connectivity index is 2.11. The standard InChI is InChI=1S/C18H26O/c1-3-5-6-7-8-9-10-11-17-12-14-18(15-13-17)19-16-4-2/h2,12-15H,3,5-11,16H2,1H3. The molecule has 0 unspecified atom stereocenters. The summed E-state index contributed by atoms with van der Waals surface area (Å²) in [5.41, 5.74) is 1.39. The van der Waals surface area contributed by atoms with Crippen molar-refractivity contribution in [2.24, 2.45) is 0 Å². The molecule has 104 valence electrons. The summed E-state index contributed by atoms with van der Waals surface area (Å²) in [6.45, 7) is 2.61. The molecule has 0 atom stereocenters. The SMILES string of the molecule is C#CCOc1ccc(CCCCCCCCC)cc1. The van der Waals surface area contributed by atoms with Gasteiger partial charge in [-0.1, -0.05) is 63.5 Å². The minimum absolute atomic E-state index is 0.344. The Morgan fingerprint density at radius 2 is 1.58 bits per heavy atom. The maximum Gasteiger partial charge on any atom is 0.148 e. The minimum Gasteiger partial charge on any atom is -0.481 e. The molecule has 0 bridgehead atoms. The molecule has 0 saturated carbocycles. The van der Waals surface area contributed by atoms with Gasteiger partial charge in [0.05, 0.1) is 0 Å². The van der Waals surface area contributed by atoms with Crippen molar-refractivity contribution >= 4 is 0 Å². The number of terminal acetylenes is 1. The average molecular weight is 258 g/mol. The van der Waals surface area contributed by atoms with E-state index in [1.54, 1.807) is 0 Å². The molecule has 0 N–H and O–H groups in total. The molecule has 0 spiro atoms. The van der Waals surface area contributed by atoms with Gasteiger partial charge in [-0.3, -0.25) is 0 Å². The van der Waals surface area contributed by atoms with Crippen LogP contribution in [0.3, 0.4) is 0 Å². The molecule has 0 heterocycles. The van der Waals surface area contributed by atoms with Gasteiger partial charge in [0.2, 0.25) is 0 Å². The molecule has 0 aromatic heterocycles. The fraction of sp³-hybridized carbons (Fsp3) is 0.556. The zero-order valence-corrected chi connectivity index (χ0v) is 12.2. The highest BCUT2D eigenvalue weighted by molar-refractivity contribution is 5.27. The molecule has 1 rings (SSSR count). The molecule has 0 saturated heterocycles. The van der Waals surface area contributed by atoms with Gasteiger partial charge < -0.3 is 4.74 Å². The van der Waals surface area contributed by atoms with Gasteiger partial charge in [-0.15, -0.1) is 6.42 Å². The van der Waals surface area contributed by atoms with Gasteiger partial charge in [-0.25, -0.2) is 0 Å². The summed E-state index contributed by atoms with van der Waals surface area (Å²) in [4.78, 5) is 0. The van der Waals surface area contributed by atoms with Crippen LogP contribution in [0.4, 0.5) is 0 Å². The highest BCUT2D eigenvalue weighted by Gasteiger charge is 1.96. The minimum atomic E-state index is 0.344. The Labute approximate surface area is 118 Å². The summed E-state index contributed by atoms with van der Waals surface area (Å²) in [6.07, 6.45) is 15.9. The maximum absolute atomic E-state index is 5.35. The molecule has 0 aliphatic rings. The molecule has 0 aliphatic heterocycles.